The average Bonchev–Trinajstić information content (AvgIpc) is 3.32. The molecule has 1 aliphatic carbocycles. The predicted octanol–water partition coefficient (Wildman–Crippen LogP) is 3.04. The van der Waals surface area contributed by atoms with Crippen molar-refractivity contribution in [2.75, 3.05) is 26.2 Å². The van der Waals surface area contributed by atoms with E-state index >= 15 is 0 Å². The highest BCUT2D eigenvalue weighted by molar-refractivity contribution is 7.09. The standard InChI is InChI=1S/C18H24N4S/c1-14-3-2-6-19-17(14)12-22-9-7-21(8-10-22)11-16-13-23-18(20-16)15-4-5-15/h2-3,6,13,15H,4-5,7-12H2,1H3. The van der Waals surface area contributed by atoms with Crippen molar-refractivity contribution in [3.8, 4) is 0 Å². The number of thiazole rings is 1. The summed E-state index contributed by atoms with van der Waals surface area (Å²) < 4.78 is 0. The molecule has 1 aliphatic heterocycles. The Kier molecular flexibility index (Phi) is 4.42. The lowest BCUT2D eigenvalue weighted by Crippen LogP contribution is -2.45. The van der Waals surface area contributed by atoms with Crippen molar-refractivity contribution in [3.05, 3.63) is 45.7 Å². The Hall–Kier alpha value is -1.30. The third-order valence-electron chi connectivity index (χ3n) is 4.84. The van der Waals surface area contributed by atoms with Crippen LogP contribution in [0.5, 0.6) is 0 Å². The maximum Gasteiger partial charge on any atom is 0.0959 e. The van der Waals surface area contributed by atoms with E-state index in [1.165, 1.54) is 34.8 Å². The molecule has 2 aromatic rings. The summed E-state index contributed by atoms with van der Waals surface area (Å²) in [7, 11) is 0. The Balaban J connectivity index is 1.27. The van der Waals surface area contributed by atoms with E-state index in [0.29, 0.717) is 0 Å². The molecule has 0 unspecified atom stereocenters. The summed E-state index contributed by atoms with van der Waals surface area (Å²) >= 11 is 1.86. The topological polar surface area (TPSA) is 32.3 Å². The van der Waals surface area contributed by atoms with Gasteiger partial charge < -0.3 is 0 Å². The van der Waals surface area contributed by atoms with Gasteiger partial charge in [-0.25, -0.2) is 4.98 Å². The van der Waals surface area contributed by atoms with Gasteiger partial charge in [0.25, 0.3) is 0 Å². The van der Waals surface area contributed by atoms with Crippen LogP contribution in [0.25, 0.3) is 0 Å². The molecule has 122 valence electrons. The highest BCUT2D eigenvalue weighted by Gasteiger charge is 2.27. The molecule has 1 saturated heterocycles. The van der Waals surface area contributed by atoms with E-state index in [-0.39, 0.29) is 0 Å². The summed E-state index contributed by atoms with van der Waals surface area (Å²) in [5.41, 5.74) is 3.78. The van der Waals surface area contributed by atoms with E-state index in [4.69, 9.17) is 4.98 Å². The van der Waals surface area contributed by atoms with Crippen LogP contribution in [0.4, 0.5) is 0 Å². The zero-order valence-corrected chi connectivity index (χ0v) is 14.6. The lowest BCUT2D eigenvalue weighted by Gasteiger charge is -2.34. The molecule has 1 saturated carbocycles. The fourth-order valence-electron chi connectivity index (χ4n) is 3.14. The maximum absolute atomic E-state index is 4.82. The van der Waals surface area contributed by atoms with Crippen LogP contribution < -0.4 is 0 Å². The highest BCUT2D eigenvalue weighted by Crippen LogP contribution is 2.41. The largest absolute Gasteiger partial charge is 0.295 e. The molecule has 0 amide bonds. The number of aryl methyl sites for hydroxylation is 1. The molecule has 2 aromatic heterocycles. The van der Waals surface area contributed by atoms with Gasteiger partial charge in [-0.3, -0.25) is 14.8 Å². The fraction of sp³-hybridized carbons (Fsp3) is 0.556. The number of pyridine rings is 1. The molecular weight excluding hydrogens is 304 g/mol. The molecule has 2 aliphatic rings. The number of rotatable bonds is 5. The molecule has 0 aromatic carbocycles. The summed E-state index contributed by atoms with van der Waals surface area (Å²) in [5.74, 6) is 0.784. The van der Waals surface area contributed by atoms with Crippen LogP contribution in [0.15, 0.2) is 23.7 Å². The molecule has 0 N–H and O–H groups in total. The van der Waals surface area contributed by atoms with Gasteiger partial charge in [-0.15, -0.1) is 11.3 Å². The van der Waals surface area contributed by atoms with Gasteiger partial charge in [0.1, 0.15) is 0 Å². The first kappa shape index (κ1) is 15.2. The molecule has 23 heavy (non-hydrogen) atoms. The maximum atomic E-state index is 4.82. The van der Waals surface area contributed by atoms with Crippen molar-refractivity contribution in [1.82, 2.24) is 19.8 Å². The smallest absolute Gasteiger partial charge is 0.0959 e. The monoisotopic (exact) mass is 328 g/mol. The van der Waals surface area contributed by atoms with Crippen LogP contribution in [-0.2, 0) is 13.1 Å². The van der Waals surface area contributed by atoms with E-state index in [2.05, 4.69) is 33.2 Å². The summed E-state index contributed by atoms with van der Waals surface area (Å²) in [4.78, 5) is 14.4. The first-order valence-electron chi connectivity index (χ1n) is 8.57. The predicted molar refractivity (Wildman–Crippen MR) is 93.6 cm³/mol. The summed E-state index contributed by atoms with van der Waals surface area (Å²) in [5, 5.41) is 3.63. The molecule has 0 radical (unpaired) electrons. The average molecular weight is 328 g/mol. The minimum absolute atomic E-state index is 0.784. The summed E-state index contributed by atoms with van der Waals surface area (Å²) in [6, 6.07) is 4.17. The van der Waals surface area contributed by atoms with Crippen molar-refractivity contribution in [2.24, 2.45) is 0 Å². The first-order chi connectivity index (χ1) is 11.3. The van der Waals surface area contributed by atoms with Crippen LogP contribution >= 0.6 is 11.3 Å². The van der Waals surface area contributed by atoms with Crippen molar-refractivity contribution < 1.29 is 0 Å². The first-order valence-corrected chi connectivity index (χ1v) is 9.45. The molecule has 4 rings (SSSR count). The van der Waals surface area contributed by atoms with Gasteiger partial charge >= 0.3 is 0 Å². The van der Waals surface area contributed by atoms with Crippen molar-refractivity contribution in [2.45, 2.75) is 38.8 Å². The molecule has 5 heteroatoms. The Labute approximate surface area is 142 Å². The number of aromatic nitrogens is 2. The van der Waals surface area contributed by atoms with E-state index in [1.807, 2.05) is 23.6 Å². The lowest BCUT2D eigenvalue weighted by molar-refractivity contribution is 0.120. The van der Waals surface area contributed by atoms with Gasteiger partial charge in [0, 0.05) is 56.8 Å². The van der Waals surface area contributed by atoms with E-state index in [1.54, 1.807) is 0 Å². The minimum Gasteiger partial charge on any atom is -0.295 e. The second-order valence-corrected chi connectivity index (χ2v) is 7.66. The van der Waals surface area contributed by atoms with E-state index in [0.717, 1.165) is 45.2 Å². The number of piperazine rings is 1. The molecule has 0 spiro atoms. The van der Waals surface area contributed by atoms with Crippen molar-refractivity contribution >= 4 is 11.3 Å². The Morgan fingerprint density at radius 3 is 2.57 bits per heavy atom. The Morgan fingerprint density at radius 1 is 1.13 bits per heavy atom. The van der Waals surface area contributed by atoms with Crippen LogP contribution in [0.2, 0.25) is 0 Å². The highest BCUT2D eigenvalue weighted by atomic mass is 32.1. The minimum atomic E-state index is 0.784. The Morgan fingerprint density at radius 2 is 1.87 bits per heavy atom. The van der Waals surface area contributed by atoms with Crippen molar-refractivity contribution in [3.63, 3.8) is 0 Å². The molecule has 0 bridgehead atoms. The number of nitrogens with zero attached hydrogens (tertiary/aromatic N) is 4. The zero-order valence-electron chi connectivity index (χ0n) is 13.7. The fourth-order valence-corrected chi connectivity index (χ4v) is 4.13. The lowest BCUT2D eigenvalue weighted by atomic mass is 10.2. The van der Waals surface area contributed by atoms with Crippen molar-refractivity contribution in [1.29, 1.82) is 0 Å². The third kappa shape index (κ3) is 3.79. The quantitative estimate of drug-likeness (QED) is 0.844. The summed E-state index contributed by atoms with van der Waals surface area (Å²) in [6.07, 6.45) is 4.59. The second-order valence-electron chi connectivity index (χ2n) is 6.77. The van der Waals surface area contributed by atoms with E-state index < -0.39 is 0 Å². The number of hydrogen-bond donors (Lipinski definition) is 0. The van der Waals surface area contributed by atoms with E-state index in [9.17, 15) is 0 Å². The van der Waals surface area contributed by atoms with Crippen LogP contribution in [0.3, 0.4) is 0 Å². The second kappa shape index (κ2) is 6.67. The van der Waals surface area contributed by atoms with Gasteiger partial charge in [0.15, 0.2) is 0 Å². The van der Waals surface area contributed by atoms with Gasteiger partial charge in [-0.05, 0) is 31.4 Å². The molecule has 3 heterocycles. The molecule has 4 nitrogen and oxygen atoms in total. The third-order valence-corrected chi connectivity index (χ3v) is 5.89. The van der Waals surface area contributed by atoms with Gasteiger partial charge in [-0.2, -0.15) is 0 Å². The van der Waals surface area contributed by atoms with Gasteiger partial charge in [0.05, 0.1) is 16.4 Å². The normalized spacial score (nSPS) is 20.0. The Bertz CT molecular complexity index is 657. The molecule has 2 fully saturated rings. The van der Waals surface area contributed by atoms with Gasteiger partial charge in [0.2, 0.25) is 0 Å². The SMILES string of the molecule is Cc1cccnc1CN1CCN(Cc2csc(C3CC3)n2)CC1. The van der Waals surface area contributed by atoms with Gasteiger partial charge in [-0.1, -0.05) is 6.07 Å². The summed E-state index contributed by atoms with van der Waals surface area (Å²) in [6.45, 7) is 8.64. The van der Waals surface area contributed by atoms with Crippen LogP contribution in [0, 0.1) is 6.92 Å². The van der Waals surface area contributed by atoms with Crippen LogP contribution in [0.1, 0.15) is 40.7 Å². The van der Waals surface area contributed by atoms with Crippen LogP contribution in [-0.4, -0.2) is 45.9 Å². The zero-order chi connectivity index (χ0) is 15.6. The molecule has 0 atom stereocenters. The molecular formula is C18H24N4S. The number of hydrogen-bond acceptors (Lipinski definition) is 5.